The molecular weight excluding hydrogens is 357 g/mol. The van der Waals surface area contributed by atoms with E-state index in [2.05, 4.69) is 22.6 Å². The maximum absolute atomic E-state index is 12.5. The van der Waals surface area contributed by atoms with Crippen LogP contribution in [0.5, 0.6) is 0 Å². The number of carboxylic acids is 1. The fourth-order valence-electron chi connectivity index (χ4n) is 1.78. The monoisotopic (exact) mass is 375 g/mol. The highest BCUT2D eigenvalue weighted by Crippen LogP contribution is 2.19. The number of hydrogen-bond acceptors (Lipinski definition) is 2. The highest BCUT2D eigenvalue weighted by molar-refractivity contribution is 14.1. The minimum atomic E-state index is -0.891. The smallest absolute Gasteiger partial charge is 0.305 e. The van der Waals surface area contributed by atoms with Crippen molar-refractivity contribution in [2.45, 2.75) is 33.2 Å². The molecule has 0 saturated carbocycles. The summed E-state index contributed by atoms with van der Waals surface area (Å²) in [5.41, 5.74) is 1.69. The first-order valence-corrected chi connectivity index (χ1v) is 7.20. The Bertz CT molecular complexity index is 486. The van der Waals surface area contributed by atoms with Crippen molar-refractivity contribution in [3.05, 3.63) is 32.9 Å². The van der Waals surface area contributed by atoms with Crippen LogP contribution in [0.2, 0.25) is 0 Å². The van der Waals surface area contributed by atoms with E-state index in [9.17, 15) is 9.59 Å². The third kappa shape index (κ3) is 4.19. The second kappa shape index (κ2) is 6.88. The number of rotatable bonds is 5. The van der Waals surface area contributed by atoms with Gasteiger partial charge in [0, 0.05) is 16.2 Å². The highest BCUT2D eigenvalue weighted by atomic mass is 127. The SMILES string of the molecule is Cc1cccc(C(=O)N(CCC(=O)O)C(C)C)c1I. The Morgan fingerprint density at radius 1 is 1.37 bits per heavy atom. The second-order valence-corrected chi connectivity index (χ2v) is 5.75. The standard InChI is InChI=1S/C14H18INO3/c1-9(2)16(8-7-12(17)18)14(19)11-6-4-5-10(3)13(11)15/h4-6,9H,7-8H2,1-3H3,(H,17,18). The van der Waals surface area contributed by atoms with Crippen LogP contribution in [-0.2, 0) is 4.79 Å². The third-order valence-electron chi connectivity index (χ3n) is 2.87. The van der Waals surface area contributed by atoms with E-state index in [1.165, 1.54) is 0 Å². The average Bonchev–Trinajstić information content (AvgIpc) is 2.31. The Hall–Kier alpha value is -1.11. The third-order valence-corrected chi connectivity index (χ3v) is 4.30. The van der Waals surface area contributed by atoms with Crippen molar-refractivity contribution in [1.29, 1.82) is 0 Å². The molecule has 0 aliphatic rings. The Morgan fingerprint density at radius 2 is 2.00 bits per heavy atom. The summed E-state index contributed by atoms with van der Waals surface area (Å²) in [6.45, 7) is 5.97. The number of hydrogen-bond donors (Lipinski definition) is 1. The number of nitrogens with zero attached hydrogens (tertiary/aromatic N) is 1. The molecule has 0 heterocycles. The van der Waals surface area contributed by atoms with E-state index in [1.807, 2.05) is 32.9 Å². The highest BCUT2D eigenvalue weighted by Gasteiger charge is 2.21. The van der Waals surface area contributed by atoms with Gasteiger partial charge in [0.25, 0.3) is 5.91 Å². The molecule has 1 N–H and O–H groups in total. The number of carboxylic acid groups (broad SMARTS) is 1. The zero-order valence-electron chi connectivity index (χ0n) is 11.3. The Balaban J connectivity index is 2.99. The number of benzene rings is 1. The van der Waals surface area contributed by atoms with Gasteiger partial charge >= 0.3 is 5.97 Å². The van der Waals surface area contributed by atoms with Crippen LogP contribution in [0, 0.1) is 10.5 Å². The van der Waals surface area contributed by atoms with Gasteiger partial charge in [-0.25, -0.2) is 0 Å². The average molecular weight is 375 g/mol. The van der Waals surface area contributed by atoms with Gasteiger partial charge in [0.2, 0.25) is 0 Å². The number of aliphatic carboxylic acids is 1. The van der Waals surface area contributed by atoms with E-state index in [4.69, 9.17) is 5.11 Å². The van der Waals surface area contributed by atoms with E-state index in [0.717, 1.165) is 9.13 Å². The molecule has 0 saturated heterocycles. The van der Waals surface area contributed by atoms with Gasteiger partial charge in [-0.3, -0.25) is 9.59 Å². The number of halogens is 1. The van der Waals surface area contributed by atoms with Crippen LogP contribution in [0.4, 0.5) is 0 Å². The fraction of sp³-hybridized carbons (Fsp3) is 0.429. The molecule has 1 aromatic carbocycles. The lowest BCUT2D eigenvalue weighted by molar-refractivity contribution is -0.137. The van der Waals surface area contributed by atoms with Gasteiger partial charge in [-0.1, -0.05) is 12.1 Å². The molecule has 1 aromatic rings. The Morgan fingerprint density at radius 3 is 2.53 bits per heavy atom. The van der Waals surface area contributed by atoms with Gasteiger partial charge in [-0.15, -0.1) is 0 Å². The molecule has 0 aliphatic carbocycles. The van der Waals surface area contributed by atoms with Crippen molar-refractivity contribution in [3.8, 4) is 0 Å². The molecule has 0 spiro atoms. The van der Waals surface area contributed by atoms with Crippen molar-refractivity contribution in [2.24, 2.45) is 0 Å². The van der Waals surface area contributed by atoms with E-state index >= 15 is 0 Å². The molecule has 0 bridgehead atoms. The predicted octanol–water partition coefficient (Wildman–Crippen LogP) is 2.92. The molecule has 0 aromatic heterocycles. The lowest BCUT2D eigenvalue weighted by atomic mass is 10.1. The summed E-state index contributed by atoms with van der Waals surface area (Å²) < 4.78 is 0.922. The zero-order chi connectivity index (χ0) is 14.6. The van der Waals surface area contributed by atoms with Gasteiger partial charge in [0.05, 0.1) is 12.0 Å². The summed E-state index contributed by atoms with van der Waals surface area (Å²) in [5.74, 6) is -0.998. The molecule has 104 valence electrons. The summed E-state index contributed by atoms with van der Waals surface area (Å²) in [4.78, 5) is 24.8. The van der Waals surface area contributed by atoms with Gasteiger partial charge in [0.15, 0.2) is 0 Å². The van der Waals surface area contributed by atoms with Crippen LogP contribution in [0.25, 0.3) is 0 Å². The van der Waals surface area contributed by atoms with Crippen LogP contribution < -0.4 is 0 Å². The molecule has 1 rings (SSSR count). The van der Waals surface area contributed by atoms with E-state index in [1.54, 1.807) is 11.0 Å². The maximum Gasteiger partial charge on any atom is 0.305 e. The summed E-state index contributed by atoms with van der Waals surface area (Å²) in [7, 11) is 0. The second-order valence-electron chi connectivity index (χ2n) is 4.67. The van der Waals surface area contributed by atoms with Gasteiger partial charge < -0.3 is 10.0 Å². The van der Waals surface area contributed by atoms with Crippen LogP contribution in [-0.4, -0.2) is 34.5 Å². The van der Waals surface area contributed by atoms with Crippen molar-refractivity contribution in [1.82, 2.24) is 4.90 Å². The van der Waals surface area contributed by atoms with Crippen molar-refractivity contribution < 1.29 is 14.7 Å². The molecular formula is C14H18INO3. The molecule has 5 heteroatoms. The molecule has 19 heavy (non-hydrogen) atoms. The molecule has 1 amide bonds. The molecule has 0 fully saturated rings. The van der Waals surface area contributed by atoms with Crippen LogP contribution in [0.1, 0.15) is 36.2 Å². The minimum Gasteiger partial charge on any atom is -0.481 e. The normalized spacial score (nSPS) is 10.6. The topological polar surface area (TPSA) is 57.6 Å². The Labute approximate surface area is 126 Å². The molecule has 0 atom stereocenters. The lowest BCUT2D eigenvalue weighted by Gasteiger charge is -2.27. The zero-order valence-corrected chi connectivity index (χ0v) is 13.5. The van der Waals surface area contributed by atoms with Crippen molar-refractivity contribution in [2.75, 3.05) is 6.54 Å². The summed E-state index contributed by atoms with van der Waals surface area (Å²) in [5, 5.41) is 8.76. The molecule has 0 unspecified atom stereocenters. The lowest BCUT2D eigenvalue weighted by Crippen LogP contribution is -2.38. The van der Waals surface area contributed by atoms with Gasteiger partial charge in [0.1, 0.15) is 0 Å². The quantitative estimate of drug-likeness (QED) is 0.806. The van der Waals surface area contributed by atoms with Crippen molar-refractivity contribution in [3.63, 3.8) is 0 Å². The van der Waals surface area contributed by atoms with Crippen LogP contribution >= 0.6 is 22.6 Å². The van der Waals surface area contributed by atoms with Gasteiger partial charge in [-0.05, 0) is 55.0 Å². The molecule has 0 radical (unpaired) electrons. The fourth-order valence-corrected chi connectivity index (χ4v) is 2.37. The first kappa shape index (κ1) is 15.9. The number of carbonyl (C=O) groups is 2. The predicted molar refractivity (Wildman–Crippen MR) is 82.3 cm³/mol. The minimum absolute atomic E-state index is 0.0248. The molecule has 0 aliphatic heterocycles. The largest absolute Gasteiger partial charge is 0.481 e. The summed E-state index contributed by atoms with van der Waals surface area (Å²) in [6, 6.07) is 5.56. The van der Waals surface area contributed by atoms with Gasteiger partial charge in [-0.2, -0.15) is 0 Å². The summed E-state index contributed by atoms with van der Waals surface area (Å²) >= 11 is 2.15. The van der Waals surface area contributed by atoms with Crippen molar-refractivity contribution >= 4 is 34.5 Å². The molecule has 4 nitrogen and oxygen atoms in total. The van der Waals surface area contributed by atoms with E-state index in [-0.39, 0.29) is 24.9 Å². The van der Waals surface area contributed by atoms with Crippen LogP contribution in [0.15, 0.2) is 18.2 Å². The first-order chi connectivity index (χ1) is 8.84. The van der Waals surface area contributed by atoms with Crippen LogP contribution in [0.3, 0.4) is 0 Å². The summed E-state index contributed by atoms with van der Waals surface area (Å²) in [6.07, 6.45) is -0.0354. The van der Waals surface area contributed by atoms with E-state index in [0.29, 0.717) is 5.56 Å². The Kier molecular flexibility index (Phi) is 5.78. The number of carbonyl (C=O) groups excluding carboxylic acids is 1. The first-order valence-electron chi connectivity index (χ1n) is 6.12. The number of aryl methyl sites for hydroxylation is 1. The number of amides is 1. The van der Waals surface area contributed by atoms with E-state index < -0.39 is 5.97 Å². The maximum atomic E-state index is 12.5.